The summed E-state index contributed by atoms with van der Waals surface area (Å²) >= 11 is 9.15. The van der Waals surface area contributed by atoms with E-state index in [-0.39, 0.29) is 12.4 Å². The van der Waals surface area contributed by atoms with Crippen molar-refractivity contribution < 1.29 is 19.0 Å². The van der Waals surface area contributed by atoms with Gasteiger partial charge in [0.25, 0.3) is 0 Å². The van der Waals surface area contributed by atoms with Gasteiger partial charge in [0.1, 0.15) is 5.75 Å². The first-order valence-electron chi connectivity index (χ1n) is 6.40. The van der Waals surface area contributed by atoms with E-state index >= 15 is 0 Å². The van der Waals surface area contributed by atoms with Crippen LogP contribution in [-0.4, -0.2) is 20.2 Å². The average Bonchev–Trinajstić information content (AvgIpc) is 2.50. The summed E-state index contributed by atoms with van der Waals surface area (Å²) in [7, 11) is 3.11. The van der Waals surface area contributed by atoms with Crippen molar-refractivity contribution in [3.63, 3.8) is 0 Å². The first-order valence-corrected chi connectivity index (χ1v) is 7.57. The van der Waals surface area contributed by atoms with Gasteiger partial charge in [-0.1, -0.05) is 17.7 Å². The number of carbonyl (C=O) groups is 1. The van der Waals surface area contributed by atoms with Gasteiger partial charge in [0, 0.05) is 5.02 Å². The zero-order valence-electron chi connectivity index (χ0n) is 12.1. The summed E-state index contributed by atoms with van der Waals surface area (Å²) in [5.41, 5.74) is 0.771. The lowest BCUT2D eigenvalue weighted by Gasteiger charge is -2.10. The van der Waals surface area contributed by atoms with Crippen molar-refractivity contribution in [3.8, 4) is 17.2 Å². The van der Waals surface area contributed by atoms with Crippen molar-refractivity contribution in [3.05, 3.63) is 51.5 Å². The van der Waals surface area contributed by atoms with Gasteiger partial charge in [-0.15, -0.1) is 0 Å². The fourth-order valence-corrected chi connectivity index (χ4v) is 2.64. The van der Waals surface area contributed by atoms with Crippen LogP contribution in [-0.2, 0) is 11.2 Å². The second-order valence-corrected chi connectivity index (χ2v) is 5.71. The molecule has 0 saturated carbocycles. The Morgan fingerprint density at radius 2 is 1.73 bits per heavy atom. The Bertz CT molecular complexity index is 688. The molecule has 0 radical (unpaired) electrons. The monoisotopic (exact) mass is 384 g/mol. The molecule has 0 heterocycles. The molecule has 0 amide bonds. The maximum atomic E-state index is 12.0. The molecule has 0 aliphatic rings. The highest BCUT2D eigenvalue weighted by Gasteiger charge is 2.12. The number of hydrogen-bond acceptors (Lipinski definition) is 4. The first kappa shape index (κ1) is 16.6. The minimum Gasteiger partial charge on any atom is -0.493 e. The van der Waals surface area contributed by atoms with Gasteiger partial charge >= 0.3 is 5.97 Å². The van der Waals surface area contributed by atoms with Gasteiger partial charge in [0.05, 0.1) is 25.1 Å². The smallest absolute Gasteiger partial charge is 0.315 e. The fourth-order valence-electron chi connectivity index (χ4n) is 1.87. The Hall–Kier alpha value is -1.72. The molecule has 0 saturated heterocycles. The lowest BCUT2D eigenvalue weighted by molar-refractivity contribution is -0.133. The van der Waals surface area contributed by atoms with Crippen LogP contribution in [0, 0.1) is 0 Å². The maximum Gasteiger partial charge on any atom is 0.315 e. The quantitative estimate of drug-likeness (QED) is 0.569. The summed E-state index contributed by atoms with van der Waals surface area (Å²) < 4.78 is 16.3. The molecular formula is C16H14BrClO4. The Morgan fingerprint density at radius 1 is 1.05 bits per heavy atom. The third-order valence-corrected chi connectivity index (χ3v) is 3.77. The molecule has 6 heteroatoms. The zero-order chi connectivity index (χ0) is 16.1. The molecular weight excluding hydrogens is 372 g/mol. The van der Waals surface area contributed by atoms with E-state index in [0.717, 1.165) is 5.56 Å². The largest absolute Gasteiger partial charge is 0.493 e. The molecule has 2 aromatic carbocycles. The number of esters is 1. The van der Waals surface area contributed by atoms with Crippen LogP contribution in [0.1, 0.15) is 5.56 Å². The molecule has 0 aromatic heterocycles. The third kappa shape index (κ3) is 4.15. The minimum absolute atomic E-state index is 0.120. The SMILES string of the molecule is COc1ccc(CC(=O)Oc2ccc(Cl)cc2Br)cc1OC. The normalized spacial score (nSPS) is 10.2. The van der Waals surface area contributed by atoms with E-state index in [1.807, 2.05) is 0 Å². The summed E-state index contributed by atoms with van der Waals surface area (Å²) in [5.74, 6) is 1.23. The van der Waals surface area contributed by atoms with Crippen molar-refractivity contribution in [1.29, 1.82) is 0 Å². The van der Waals surface area contributed by atoms with Crippen LogP contribution in [0.25, 0.3) is 0 Å². The molecule has 0 aliphatic heterocycles. The lowest BCUT2D eigenvalue weighted by atomic mass is 10.1. The molecule has 22 heavy (non-hydrogen) atoms. The van der Waals surface area contributed by atoms with E-state index in [0.29, 0.717) is 26.7 Å². The highest BCUT2D eigenvalue weighted by Crippen LogP contribution is 2.30. The second kappa shape index (κ2) is 7.51. The number of benzene rings is 2. The molecule has 2 aromatic rings. The predicted octanol–water partition coefficient (Wildman–Crippen LogP) is 4.27. The van der Waals surface area contributed by atoms with E-state index in [9.17, 15) is 4.79 Å². The Kier molecular flexibility index (Phi) is 5.69. The van der Waals surface area contributed by atoms with Crippen LogP contribution in [0.3, 0.4) is 0 Å². The molecule has 0 aliphatic carbocycles. The van der Waals surface area contributed by atoms with E-state index in [1.54, 1.807) is 50.6 Å². The fraction of sp³-hybridized carbons (Fsp3) is 0.188. The summed E-state index contributed by atoms with van der Waals surface area (Å²) in [6.07, 6.45) is 0.120. The number of rotatable bonds is 5. The van der Waals surface area contributed by atoms with Gasteiger partial charge in [0.15, 0.2) is 11.5 Å². The molecule has 0 fully saturated rings. The van der Waals surface area contributed by atoms with Gasteiger partial charge in [-0.05, 0) is 51.8 Å². The number of ether oxygens (including phenoxy) is 3. The molecule has 0 atom stereocenters. The van der Waals surface area contributed by atoms with E-state index in [1.165, 1.54) is 0 Å². The topological polar surface area (TPSA) is 44.8 Å². The molecule has 0 spiro atoms. The molecule has 0 unspecified atom stereocenters. The van der Waals surface area contributed by atoms with Crippen LogP contribution >= 0.6 is 27.5 Å². The first-order chi connectivity index (χ1) is 10.5. The average molecular weight is 386 g/mol. The molecule has 4 nitrogen and oxygen atoms in total. The van der Waals surface area contributed by atoms with Crippen LogP contribution in [0.4, 0.5) is 0 Å². The number of methoxy groups -OCH3 is 2. The predicted molar refractivity (Wildman–Crippen MR) is 88.0 cm³/mol. The minimum atomic E-state index is -0.379. The molecule has 0 N–H and O–H groups in total. The lowest BCUT2D eigenvalue weighted by Crippen LogP contribution is -2.11. The molecule has 0 bridgehead atoms. The number of carbonyl (C=O) groups excluding carboxylic acids is 1. The van der Waals surface area contributed by atoms with Gasteiger partial charge in [0.2, 0.25) is 0 Å². The zero-order valence-corrected chi connectivity index (χ0v) is 14.4. The Morgan fingerprint density at radius 3 is 2.36 bits per heavy atom. The Balaban J connectivity index is 2.08. The van der Waals surface area contributed by atoms with E-state index in [2.05, 4.69) is 15.9 Å². The van der Waals surface area contributed by atoms with Gasteiger partial charge in [-0.2, -0.15) is 0 Å². The molecule has 116 valence electrons. The van der Waals surface area contributed by atoms with E-state index < -0.39 is 0 Å². The van der Waals surface area contributed by atoms with E-state index in [4.69, 9.17) is 25.8 Å². The van der Waals surface area contributed by atoms with Gasteiger partial charge < -0.3 is 14.2 Å². The molecule has 2 rings (SSSR count). The second-order valence-electron chi connectivity index (χ2n) is 4.41. The summed E-state index contributed by atoms with van der Waals surface area (Å²) in [5, 5.41) is 0.562. The van der Waals surface area contributed by atoms with Gasteiger partial charge in [-0.25, -0.2) is 0 Å². The van der Waals surface area contributed by atoms with Crippen molar-refractivity contribution in [2.45, 2.75) is 6.42 Å². The summed E-state index contributed by atoms with van der Waals surface area (Å²) in [6.45, 7) is 0. The van der Waals surface area contributed by atoms with Crippen molar-refractivity contribution in [2.24, 2.45) is 0 Å². The number of halogens is 2. The summed E-state index contributed by atoms with van der Waals surface area (Å²) in [6, 6.07) is 10.3. The number of hydrogen-bond donors (Lipinski definition) is 0. The maximum absolute atomic E-state index is 12.0. The van der Waals surface area contributed by atoms with Crippen LogP contribution in [0.2, 0.25) is 5.02 Å². The standard InChI is InChI=1S/C16H14BrClO4/c1-20-14-5-3-10(7-15(14)21-2)8-16(19)22-13-6-4-11(18)9-12(13)17/h3-7,9H,8H2,1-2H3. The van der Waals surface area contributed by atoms with Crippen molar-refractivity contribution >= 4 is 33.5 Å². The van der Waals surface area contributed by atoms with Crippen LogP contribution in [0.5, 0.6) is 17.2 Å². The third-order valence-electron chi connectivity index (χ3n) is 2.91. The highest BCUT2D eigenvalue weighted by atomic mass is 79.9. The van der Waals surface area contributed by atoms with Gasteiger partial charge in [-0.3, -0.25) is 4.79 Å². The Labute approximate surface area is 142 Å². The van der Waals surface area contributed by atoms with Crippen LogP contribution in [0.15, 0.2) is 40.9 Å². The van der Waals surface area contributed by atoms with Crippen LogP contribution < -0.4 is 14.2 Å². The summed E-state index contributed by atoms with van der Waals surface area (Å²) in [4.78, 5) is 12.0. The van der Waals surface area contributed by atoms with Crippen molar-refractivity contribution in [1.82, 2.24) is 0 Å². The van der Waals surface area contributed by atoms with Crippen molar-refractivity contribution in [2.75, 3.05) is 14.2 Å². The highest BCUT2D eigenvalue weighted by molar-refractivity contribution is 9.10.